The molecule has 7 heteroatoms. The topological polar surface area (TPSA) is 92.4 Å². The van der Waals surface area contributed by atoms with E-state index in [1.54, 1.807) is 18.2 Å². The van der Waals surface area contributed by atoms with Gasteiger partial charge in [-0.25, -0.2) is 0 Å². The third-order valence-electron chi connectivity index (χ3n) is 2.39. The molecular weight excluding hydrogens is 288 g/mol. The number of halogens is 1. The van der Waals surface area contributed by atoms with Crippen molar-refractivity contribution in [1.82, 2.24) is 0 Å². The number of hydrogen-bond acceptors (Lipinski definition) is 4. The van der Waals surface area contributed by atoms with Crippen molar-refractivity contribution in [1.29, 1.82) is 0 Å². The lowest BCUT2D eigenvalue weighted by molar-refractivity contribution is -0.137. The molecule has 1 aromatic rings. The minimum atomic E-state index is -1.07. The molecule has 19 heavy (non-hydrogen) atoms. The fourth-order valence-electron chi connectivity index (χ4n) is 1.28. The van der Waals surface area contributed by atoms with Crippen LogP contribution in [-0.4, -0.2) is 34.5 Å². The Balaban J connectivity index is 2.43. The van der Waals surface area contributed by atoms with Gasteiger partial charge in [-0.3, -0.25) is 9.59 Å². The second-order valence-corrected chi connectivity index (χ2v) is 5.36. The number of rotatable bonds is 6. The van der Waals surface area contributed by atoms with Crippen LogP contribution in [0.15, 0.2) is 18.2 Å². The molecule has 104 valence electrons. The van der Waals surface area contributed by atoms with E-state index in [9.17, 15) is 9.59 Å². The lowest BCUT2D eigenvalue weighted by atomic mass is 10.2. The first kappa shape index (κ1) is 15.8. The van der Waals surface area contributed by atoms with Gasteiger partial charge in [0.2, 0.25) is 5.91 Å². The molecule has 5 nitrogen and oxygen atoms in total. The van der Waals surface area contributed by atoms with E-state index in [4.69, 9.17) is 22.4 Å². The van der Waals surface area contributed by atoms with Crippen molar-refractivity contribution in [3.63, 3.8) is 0 Å². The minimum Gasteiger partial charge on any atom is -0.480 e. The van der Waals surface area contributed by atoms with E-state index in [0.717, 1.165) is 5.56 Å². The number of hydrogen-bond donors (Lipinski definition) is 3. The number of anilines is 1. The zero-order valence-corrected chi connectivity index (χ0v) is 11.9. The molecule has 0 aromatic heterocycles. The summed E-state index contributed by atoms with van der Waals surface area (Å²) in [5.41, 5.74) is 6.78. The van der Waals surface area contributed by atoms with Crippen molar-refractivity contribution in [2.75, 3.05) is 16.8 Å². The van der Waals surface area contributed by atoms with Crippen LogP contribution in [0.1, 0.15) is 5.56 Å². The van der Waals surface area contributed by atoms with Crippen LogP contribution in [0.5, 0.6) is 0 Å². The van der Waals surface area contributed by atoms with Gasteiger partial charge in [-0.2, -0.15) is 0 Å². The maximum absolute atomic E-state index is 11.7. The second-order valence-electron chi connectivity index (χ2n) is 3.92. The van der Waals surface area contributed by atoms with Crippen molar-refractivity contribution < 1.29 is 14.7 Å². The summed E-state index contributed by atoms with van der Waals surface area (Å²) in [6.07, 6.45) is 0. The van der Waals surface area contributed by atoms with E-state index >= 15 is 0 Å². The summed E-state index contributed by atoms with van der Waals surface area (Å²) in [7, 11) is 0. The van der Waals surface area contributed by atoms with Crippen molar-refractivity contribution in [3.05, 3.63) is 28.8 Å². The first-order valence-corrected chi connectivity index (χ1v) is 7.06. The molecule has 0 aliphatic rings. The SMILES string of the molecule is Cc1c(Cl)cccc1NC(=O)CSC[C@H](N)C(=O)O. The van der Waals surface area contributed by atoms with Crippen LogP contribution in [0.3, 0.4) is 0 Å². The zero-order valence-electron chi connectivity index (χ0n) is 10.4. The first-order chi connectivity index (χ1) is 8.91. The van der Waals surface area contributed by atoms with E-state index in [2.05, 4.69) is 5.32 Å². The normalized spacial score (nSPS) is 11.9. The zero-order chi connectivity index (χ0) is 14.4. The average molecular weight is 303 g/mol. The highest BCUT2D eigenvalue weighted by Gasteiger charge is 2.12. The van der Waals surface area contributed by atoms with Crippen molar-refractivity contribution in [3.8, 4) is 0 Å². The van der Waals surface area contributed by atoms with Crippen molar-refractivity contribution in [2.45, 2.75) is 13.0 Å². The molecule has 0 aliphatic carbocycles. The van der Waals surface area contributed by atoms with E-state index in [0.29, 0.717) is 10.7 Å². The van der Waals surface area contributed by atoms with E-state index in [1.807, 2.05) is 6.92 Å². The molecule has 0 aliphatic heterocycles. The van der Waals surface area contributed by atoms with Gasteiger partial charge in [-0.15, -0.1) is 11.8 Å². The number of carboxylic acids is 1. The third kappa shape index (κ3) is 5.10. The van der Waals surface area contributed by atoms with Gasteiger partial charge in [0.25, 0.3) is 0 Å². The quantitative estimate of drug-likeness (QED) is 0.744. The standard InChI is InChI=1S/C12H15ClN2O3S/c1-7-8(13)3-2-4-10(7)15-11(16)6-19-5-9(14)12(17)18/h2-4,9H,5-6,14H2,1H3,(H,15,16)(H,17,18)/t9-/m0/s1. The van der Waals surface area contributed by atoms with Crippen LogP contribution in [0.4, 0.5) is 5.69 Å². The Morgan fingerprint density at radius 2 is 2.21 bits per heavy atom. The van der Waals surface area contributed by atoms with Crippen LogP contribution in [0, 0.1) is 6.92 Å². The Labute approximate surface area is 120 Å². The first-order valence-electron chi connectivity index (χ1n) is 5.53. The summed E-state index contributed by atoms with van der Waals surface area (Å²) >= 11 is 7.12. The molecule has 4 N–H and O–H groups in total. The molecule has 0 heterocycles. The maximum atomic E-state index is 11.7. The van der Waals surface area contributed by atoms with Crippen LogP contribution in [-0.2, 0) is 9.59 Å². The number of nitrogens with one attached hydrogen (secondary N) is 1. The molecule has 1 atom stereocenters. The van der Waals surface area contributed by atoms with Gasteiger partial charge in [-0.1, -0.05) is 17.7 Å². The highest BCUT2D eigenvalue weighted by molar-refractivity contribution is 8.00. The molecule has 0 spiro atoms. The van der Waals surface area contributed by atoms with Gasteiger partial charge in [0, 0.05) is 16.5 Å². The highest BCUT2D eigenvalue weighted by Crippen LogP contribution is 2.23. The Morgan fingerprint density at radius 1 is 1.53 bits per heavy atom. The molecule has 1 aromatic carbocycles. The molecule has 0 unspecified atom stereocenters. The lowest BCUT2D eigenvalue weighted by Crippen LogP contribution is -2.33. The fraction of sp³-hybridized carbons (Fsp3) is 0.333. The van der Waals surface area contributed by atoms with Gasteiger partial charge in [0.1, 0.15) is 6.04 Å². The second kappa shape index (κ2) is 7.37. The molecule has 0 saturated carbocycles. The van der Waals surface area contributed by atoms with Crippen LogP contribution in [0.25, 0.3) is 0 Å². The number of aliphatic carboxylic acids is 1. The van der Waals surface area contributed by atoms with Crippen LogP contribution >= 0.6 is 23.4 Å². The summed E-state index contributed by atoms with van der Waals surface area (Å²) < 4.78 is 0. The van der Waals surface area contributed by atoms with Crippen molar-refractivity contribution >= 4 is 40.9 Å². The van der Waals surface area contributed by atoms with Crippen LogP contribution < -0.4 is 11.1 Å². The maximum Gasteiger partial charge on any atom is 0.321 e. The summed E-state index contributed by atoms with van der Waals surface area (Å²) in [6, 6.07) is 4.30. The summed E-state index contributed by atoms with van der Waals surface area (Å²) in [5, 5.41) is 11.9. The van der Waals surface area contributed by atoms with E-state index in [-0.39, 0.29) is 17.4 Å². The molecule has 0 bridgehead atoms. The Bertz CT molecular complexity index is 482. The number of thioether (sulfide) groups is 1. The Kier molecular flexibility index (Phi) is 6.14. The number of carboxylic acid groups (broad SMARTS) is 1. The Hall–Kier alpha value is -1.24. The number of carbonyl (C=O) groups excluding carboxylic acids is 1. The predicted molar refractivity (Wildman–Crippen MR) is 77.8 cm³/mol. The molecule has 1 amide bonds. The highest BCUT2D eigenvalue weighted by atomic mass is 35.5. The molecule has 0 radical (unpaired) electrons. The number of nitrogens with two attached hydrogens (primary N) is 1. The monoisotopic (exact) mass is 302 g/mol. The minimum absolute atomic E-state index is 0.146. The van der Waals surface area contributed by atoms with Crippen molar-refractivity contribution in [2.24, 2.45) is 5.73 Å². The molecule has 0 fully saturated rings. The average Bonchev–Trinajstić information content (AvgIpc) is 2.34. The largest absolute Gasteiger partial charge is 0.480 e. The summed E-state index contributed by atoms with van der Waals surface area (Å²) in [5.74, 6) is -0.948. The van der Waals surface area contributed by atoms with Gasteiger partial charge in [0.15, 0.2) is 0 Å². The van der Waals surface area contributed by atoms with Gasteiger partial charge < -0.3 is 16.2 Å². The van der Waals surface area contributed by atoms with E-state index in [1.165, 1.54) is 11.8 Å². The summed E-state index contributed by atoms with van der Waals surface area (Å²) in [6.45, 7) is 1.81. The third-order valence-corrected chi connectivity index (χ3v) is 3.86. The Morgan fingerprint density at radius 3 is 2.84 bits per heavy atom. The number of carbonyl (C=O) groups is 2. The predicted octanol–water partition coefficient (Wildman–Crippen LogP) is 1.73. The number of benzene rings is 1. The lowest BCUT2D eigenvalue weighted by Gasteiger charge is -2.10. The number of amides is 1. The van der Waals surface area contributed by atoms with E-state index < -0.39 is 12.0 Å². The van der Waals surface area contributed by atoms with Crippen LogP contribution in [0.2, 0.25) is 5.02 Å². The summed E-state index contributed by atoms with van der Waals surface area (Å²) in [4.78, 5) is 22.2. The molecular formula is C12H15ClN2O3S. The van der Waals surface area contributed by atoms with Gasteiger partial charge >= 0.3 is 5.97 Å². The van der Waals surface area contributed by atoms with Gasteiger partial charge in [0.05, 0.1) is 5.75 Å². The molecule has 1 rings (SSSR count). The fourth-order valence-corrected chi connectivity index (χ4v) is 2.23. The molecule has 0 saturated heterocycles. The van der Waals surface area contributed by atoms with Gasteiger partial charge in [-0.05, 0) is 24.6 Å². The smallest absolute Gasteiger partial charge is 0.321 e.